The molecule has 17 heavy (non-hydrogen) atoms. The van der Waals surface area contributed by atoms with E-state index in [9.17, 15) is 13.2 Å². The molecule has 2 rings (SSSR count). The first-order chi connectivity index (χ1) is 8.00. The number of rotatable bonds is 2. The van der Waals surface area contributed by atoms with Crippen LogP contribution in [0.5, 0.6) is 0 Å². The van der Waals surface area contributed by atoms with E-state index in [1.807, 2.05) is 0 Å². The lowest BCUT2D eigenvalue weighted by molar-refractivity contribution is 0.440. The van der Waals surface area contributed by atoms with E-state index < -0.39 is 23.5 Å². The number of hydrogen-bond acceptors (Lipinski definition) is 2. The smallest absolute Gasteiger partial charge is 0.194 e. The summed E-state index contributed by atoms with van der Waals surface area (Å²) in [5, 5.41) is 0. The van der Waals surface area contributed by atoms with Gasteiger partial charge in [-0.2, -0.15) is 0 Å². The van der Waals surface area contributed by atoms with Gasteiger partial charge >= 0.3 is 0 Å². The summed E-state index contributed by atoms with van der Waals surface area (Å²) in [5.41, 5.74) is 5.86. The van der Waals surface area contributed by atoms with Gasteiger partial charge in [0.2, 0.25) is 0 Å². The van der Waals surface area contributed by atoms with Gasteiger partial charge in [0.1, 0.15) is 5.76 Å². The predicted molar refractivity (Wildman–Crippen MR) is 58.8 cm³/mol. The molecule has 0 aliphatic rings. The van der Waals surface area contributed by atoms with Crippen molar-refractivity contribution in [1.82, 2.24) is 0 Å². The van der Waals surface area contributed by atoms with Crippen molar-refractivity contribution in [2.75, 3.05) is 0 Å². The monoisotopic (exact) mass is 305 g/mol. The minimum atomic E-state index is -1.51. The van der Waals surface area contributed by atoms with Crippen molar-refractivity contribution in [3.8, 4) is 0 Å². The summed E-state index contributed by atoms with van der Waals surface area (Å²) in [6.07, 6.45) is 1.38. The SMILES string of the molecule is NC(c1cc(F)c(F)c(F)c1)c1occc1Br. The molecule has 2 nitrogen and oxygen atoms in total. The Morgan fingerprint density at radius 2 is 1.76 bits per heavy atom. The maximum absolute atomic E-state index is 13.0. The molecule has 0 radical (unpaired) electrons. The Morgan fingerprint density at radius 3 is 2.24 bits per heavy atom. The summed E-state index contributed by atoms with van der Waals surface area (Å²) in [6, 6.07) is 2.42. The molecule has 0 spiro atoms. The minimum absolute atomic E-state index is 0.0945. The largest absolute Gasteiger partial charge is 0.466 e. The van der Waals surface area contributed by atoms with Crippen molar-refractivity contribution in [1.29, 1.82) is 0 Å². The van der Waals surface area contributed by atoms with Crippen molar-refractivity contribution < 1.29 is 17.6 Å². The summed E-state index contributed by atoms with van der Waals surface area (Å²) in [4.78, 5) is 0. The lowest BCUT2D eigenvalue weighted by Crippen LogP contribution is -2.12. The van der Waals surface area contributed by atoms with Crippen molar-refractivity contribution in [3.05, 3.63) is 57.7 Å². The molecule has 0 amide bonds. The maximum Gasteiger partial charge on any atom is 0.194 e. The van der Waals surface area contributed by atoms with E-state index in [1.54, 1.807) is 6.07 Å². The fourth-order valence-corrected chi connectivity index (χ4v) is 1.88. The van der Waals surface area contributed by atoms with Gasteiger partial charge < -0.3 is 10.2 Å². The second-order valence-electron chi connectivity index (χ2n) is 3.41. The molecule has 1 aromatic carbocycles. The molecule has 0 saturated heterocycles. The summed E-state index contributed by atoms with van der Waals surface area (Å²) >= 11 is 3.18. The van der Waals surface area contributed by atoms with Crippen molar-refractivity contribution in [3.63, 3.8) is 0 Å². The maximum atomic E-state index is 13.0. The van der Waals surface area contributed by atoms with Crippen LogP contribution in [-0.4, -0.2) is 0 Å². The molecule has 0 bridgehead atoms. The topological polar surface area (TPSA) is 39.2 Å². The highest BCUT2D eigenvalue weighted by atomic mass is 79.9. The zero-order valence-corrected chi connectivity index (χ0v) is 9.97. The minimum Gasteiger partial charge on any atom is -0.466 e. The molecule has 1 aromatic heterocycles. The Labute approximate surface area is 103 Å². The lowest BCUT2D eigenvalue weighted by atomic mass is 10.1. The fourth-order valence-electron chi connectivity index (χ4n) is 1.43. The van der Waals surface area contributed by atoms with Gasteiger partial charge in [-0.1, -0.05) is 0 Å². The summed E-state index contributed by atoms with van der Waals surface area (Å²) in [6.45, 7) is 0. The van der Waals surface area contributed by atoms with Gasteiger partial charge in [0.25, 0.3) is 0 Å². The number of halogens is 4. The number of nitrogens with two attached hydrogens (primary N) is 1. The van der Waals surface area contributed by atoms with E-state index >= 15 is 0 Å². The second kappa shape index (κ2) is 4.54. The molecule has 2 aromatic rings. The lowest BCUT2D eigenvalue weighted by Gasteiger charge is -2.10. The summed E-state index contributed by atoms with van der Waals surface area (Å²) < 4.78 is 44.5. The van der Waals surface area contributed by atoms with E-state index in [1.165, 1.54) is 6.26 Å². The van der Waals surface area contributed by atoms with Gasteiger partial charge in [-0.15, -0.1) is 0 Å². The molecule has 1 heterocycles. The first-order valence-electron chi connectivity index (χ1n) is 4.63. The normalized spacial score (nSPS) is 12.8. The van der Waals surface area contributed by atoms with Crippen molar-refractivity contribution in [2.45, 2.75) is 6.04 Å². The molecule has 90 valence electrons. The van der Waals surface area contributed by atoms with Crippen LogP contribution in [0.15, 0.2) is 33.4 Å². The molecule has 2 N–H and O–H groups in total. The average Bonchev–Trinajstić information content (AvgIpc) is 2.70. The predicted octanol–water partition coefficient (Wildman–Crippen LogP) is 3.51. The van der Waals surface area contributed by atoms with Gasteiger partial charge in [-0.05, 0) is 39.7 Å². The van der Waals surface area contributed by atoms with Crippen LogP contribution in [-0.2, 0) is 0 Å². The van der Waals surface area contributed by atoms with E-state index in [2.05, 4.69) is 15.9 Å². The molecule has 0 aliphatic heterocycles. The molecular weight excluding hydrogens is 299 g/mol. The van der Waals surface area contributed by atoms with Gasteiger partial charge in [0, 0.05) is 0 Å². The van der Waals surface area contributed by atoms with Gasteiger partial charge in [-0.3, -0.25) is 0 Å². The van der Waals surface area contributed by atoms with E-state index in [-0.39, 0.29) is 5.56 Å². The molecule has 0 fully saturated rings. The molecule has 1 unspecified atom stereocenters. The van der Waals surface area contributed by atoms with Crippen LogP contribution in [0.3, 0.4) is 0 Å². The zero-order chi connectivity index (χ0) is 12.6. The number of hydrogen-bond donors (Lipinski definition) is 1. The van der Waals surface area contributed by atoms with Crippen LogP contribution in [0.1, 0.15) is 17.4 Å². The molecular formula is C11H7BrF3NO. The summed E-state index contributed by atoms with van der Waals surface area (Å²) in [5.74, 6) is -3.76. The van der Waals surface area contributed by atoms with E-state index in [0.29, 0.717) is 10.2 Å². The Kier molecular flexibility index (Phi) is 3.26. The first-order valence-corrected chi connectivity index (χ1v) is 5.43. The number of benzene rings is 1. The molecule has 0 saturated carbocycles. The highest BCUT2D eigenvalue weighted by Crippen LogP contribution is 2.29. The van der Waals surface area contributed by atoms with E-state index in [4.69, 9.17) is 10.2 Å². The van der Waals surface area contributed by atoms with Crippen LogP contribution in [0.2, 0.25) is 0 Å². The molecule has 1 atom stereocenters. The van der Waals surface area contributed by atoms with Crippen LogP contribution in [0, 0.1) is 17.5 Å². The fraction of sp³-hybridized carbons (Fsp3) is 0.0909. The van der Waals surface area contributed by atoms with Crippen LogP contribution in [0.25, 0.3) is 0 Å². The Bertz CT molecular complexity index is 532. The van der Waals surface area contributed by atoms with Gasteiger partial charge in [0.15, 0.2) is 17.5 Å². The van der Waals surface area contributed by atoms with Crippen LogP contribution < -0.4 is 5.73 Å². The third kappa shape index (κ3) is 2.23. The third-order valence-electron chi connectivity index (χ3n) is 2.29. The zero-order valence-electron chi connectivity index (χ0n) is 8.38. The summed E-state index contributed by atoms with van der Waals surface area (Å²) in [7, 11) is 0. The second-order valence-corrected chi connectivity index (χ2v) is 4.26. The van der Waals surface area contributed by atoms with Gasteiger partial charge in [-0.25, -0.2) is 13.2 Å². The standard InChI is InChI=1S/C11H7BrF3NO/c12-6-1-2-17-11(6)10(16)5-3-7(13)9(15)8(14)4-5/h1-4,10H,16H2. The van der Waals surface area contributed by atoms with E-state index in [0.717, 1.165) is 12.1 Å². The van der Waals surface area contributed by atoms with Crippen molar-refractivity contribution in [2.24, 2.45) is 5.73 Å². The first kappa shape index (κ1) is 12.2. The molecule has 6 heteroatoms. The average molecular weight is 306 g/mol. The highest BCUT2D eigenvalue weighted by molar-refractivity contribution is 9.10. The highest BCUT2D eigenvalue weighted by Gasteiger charge is 2.19. The Morgan fingerprint density at radius 1 is 1.18 bits per heavy atom. The van der Waals surface area contributed by atoms with Crippen LogP contribution >= 0.6 is 15.9 Å². The quantitative estimate of drug-likeness (QED) is 0.862. The van der Waals surface area contributed by atoms with Crippen molar-refractivity contribution >= 4 is 15.9 Å². The molecule has 0 aliphatic carbocycles. The third-order valence-corrected chi connectivity index (χ3v) is 2.95. The number of furan rings is 1. The Hall–Kier alpha value is -1.27. The Balaban J connectivity index is 2.45. The van der Waals surface area contributed by atoms with Gasteiger partial charge in [0.05, 0.1) is 16.8 Å². The van der Waals surface area contributed by atoms with Crippen LogP contribution in [0.4, 0.5) is 13.2 Å².